The van der Waals surface area contributed by atoms with Crippen molar-refractivity contribution in [1.29, 1.82) is 0 Å². The lowest BCUT2D eigenvalue weighted by atomic mass is 9.54. The molecule has 1 aliphatic heterocycles. The Kier molecular flexibility index (Phi) is 3.87. The van der Waals surface area contributed by atoms with E-state index in [1.165, 1.54) is 0 Å². The molecule has 23 heavy (non-hydrogen) atoms. The highest BCUT2D eigenvalue weighted by Crippen LogP contribution is 2.52. The van der Waals surface area contributed by atoms with Crippen LogP contribution in [-0.2, 0) is 6.42 Å². The molecule has 1 aliphatic carbocycles. The van der Waals surface area contributed by atoms with Crippen LogP contribution in [0.1, 0.15) is 55.2 Å². The van der Waals surface area contributed by atoms with Gasteiger partial charge in [-0.25, -0.2) is 0 Å². The van der Waals surface area contributed by atoms with E-state index in [9.17, 15) is 14.7 Å². The Morgan fingerprint density at radius 3 is 2.83 bits per heavy atom. The highest BCUT2D eigenvalue weighted by Gasteiger charge is 2.60. The molecule has 126 valence electrons. The van der Waals surface area contributed by atoms with Gasteiger partial charge < -0.3 is 15.0 Å². The number of hydrogen-bond donors (Lipinski definition) is 2. The van der Waals surface area contributed by atoms with Gasteiger partial charge in [-0.3, -0.25) is 9.59 Å². The van der Waals surface area contributed by atoms with Gasteiger partial charge in [0.05, 0.1) is 6.10 Å². The topological polar surface area (TPSA) is 73.4 Å². The third-order valence-electron chi connectivity index (χ3n) is 5.80. The van der Waals surface area contributed by atoms with Crippen LogP contribution in [0.15, 0.2) is 10.9 Å². The molecule has 0 spiro atoms. The average Bonchev–Trinajstić information content (AvgIpc) is 2.54. The van der Waals surface area contributed by atoms with Crippen LogP contribution in [0.5, 0.6) is 0 Å². The monoisotopic (exact) mass is 318 g/mol. The molecule has 0 aromatic carbocycles. The lowest BCUT2D eigenvalue weighted by molar-refractivity contribution is -0.180. The molecule has 2 fully saturated rings. The highest BCUT2D eigenvalue weighted by molar-refractivity contribution is 5.94. The summed E-state index contributed by atoms with van der Waals surface area (Å²) >= 11 is 0. The van der Waals surface area contributed by atoms with Crippen molar-refractivity contribution >= 4 is 5.91 Å². The Morgan fingerprint density at radius 2 is 2.17 bits per heavy atom. The minimum Gasteiger partial charge on any atom is -0.392 e. The number of aromatic nitrogens is 1. The summed E-state index contributed by atoms with van der Waals surface area (Å²) in [6.45, 7) is 8.55. The summed E-state index contributed by atoms with van der Waals surface area (Å²) in [7, 11) is 0. The first kappa shape index (κ1) is 16.2. The van der Waals surface area contributed by atoms with Crippen molar-refractivity contribution in [2.24, 2.45) is 11.3 Å². The molecule has 5 heteroatoms. The van der Waals surface area contributed by atoms with E-state index in [4.69, 9.17) is 0 Å². The van der Waals surface area contributed by atoms with Gasteiger partial charge in [0.1, 0.15) is 5.56 Å². The second kappa shape index (κ2) is 5.48. The van der Waals surface area contributed by atoms with Crippen LogP contribution >= 0.6 is 0 Å². The number of H-pyrrole nitrogens is 1. The fourth-order valence-corrected chi connectivity index (χ4v) is 4.50. The Morgan fingerprint density at radius 1 is 1.48 bits per heavy atom. The number of carbonyl (C=O) groups excluding carboxylic acids is 1. The molecular weight excluding hydrogens is 292 g/mol. The van der Waals surface area contributed by atoms with Crippen LogP contribution in [0.3, 0.4) is 0 Å². The summed E-state index contributed by atoms with van der Waals surface area (Å²) in [6, 6.07) is 1.73. The molecule has 1 saturated heterocycles. The van der Waals surface area contributed by atoms with E-state index >= 15 is 0 Å². The fraction of sp³-hybridized carbons (Fsp3) is 0.667. The number of rotatable bonds is 2. The third-order valence-corrected chi connectivity index (χ3v) is 5.80. The lowest BCUT2D eigenvalue weighted by Gasteiger charge is -2.62. The number of nitrogens with one attached hydrogen (secondary N) is 1. The van der Waals surface area contributed by atoms with Crippen LogP contribution < -0.4 is 5.56 Å². The van der Waals surface area contributed by atoms with Gasteiger partial charge in [0.15, 0.2) is 0 Å². The fourth-order valence-electron chi connectivity index (χ4n) is 4.50. The number of aromatic amines is 1. The molecule has 0 radical (unpaired) electrons. The van der Waals surface area contributed by atoms with E-state index < -0.39 is 0 Å². The average molecular weight is 318 g/mol. The minimum atomic E-state index is -0.370. The van der Waals surface area contributed by atoms with Crippen LogP contribution in [0.4, 0.5) is 0 Å². The summed E-state index contributed by atoms with van der Waals surface area (Å²) in [5, 5.41) is 10.3. The van der Waals surface area contributed by atoms with Gasteiger partial charge in [-0.05, 0) is 37.8 Å². The standard InChI is InChI=1S/C18H26N2O3/c1-5-13-10(2)9-12(16(22)19-13)17(23)20-8-6-7-11-14(20)18(3,4)15(11)21/h9,11,14-15,21H,5-8H2,1-4H3,(H,19,22)/t11-,14+,15-/m0/s1. The van der Waals surface area contributed by atoms with E-state index in [-0.39, 0.29) is 40.5 Å². The van der Waals surface area contributed by atoms with Crippen LogP contribution in [0.2, 0.25) is 0 Å². The Bertz CT molecular complexity index is 692. The number of nitrogens with zero attached hydrogens (tertiary/aromatic N) is 1. The molecule has 2 N–H and O–H groups in total. The number of aliphatic hydroxyl groups is 1. The van der Waals surface area contributed by atoms with Gasteiger partial charge in [0, 0.05) is 29.6 Å². The molecule has 3 atom stereocenters. The quantitative estimate of drug-likeness (QED) is 0.874. The molecule has 1 amide bonds. The number of aliphatic hydroxyl groups excluding tert-OH is 1. The Balaban J connectivity index is 1.94. The largest absolute Gasteiger partial charge is 0.392 e. The number of likely N-dealkylation sites (tertiary alicyclic amines) is 1. The third kappa shape index (κ3) is 2.33. The van der Waals surface area contributed by atoms with Gasteiger partial charge in [0.2, 0.25) is 0 Å². The molecule has 2 aliphatic rings. The van der Waals surface area contributed by atoms with Gasteiger partial charge in [-0.1, -0.05) is 20.8 Å². The second-order valence-electron chi connectivity index (χ2n) is 7.54. The summed E-state index contributed by atoms with van der Waals surface area (Å²) in [5.41, 5.74) is 1.42. The number of hydrogen-bond acceptors (Lipinski definition) is 3. The molecule has 5 nitrogen and oxygen atoms in total. The highest BCUT2D eigenvalue weighted by atomic mass is 16.3. The number of fused-ring (bicyclic) bond motifs is 1. The number of piperidine rings is 1. The Hall–Kier alpha value is -1.62. The molecule has 3 rings (SSSR count). The van der Waals surface area contributed by atoms with Gasteiger partial charge in [-0.2, -0.15) is 0 Å². The molecule has 1 aromatic heterocycles. The van der Waals surface area contributed by atoms with Crippen molar-refractivity contribution in [3.8, 4) is 0 Å². The molecule has 0 unspecified atom stereocenters. The SMILES string of the molecule is CCc1[nH]c(=O)c(C(=O)N2CCC[C@@H]3[C@H](O)C(C)(C)[C@@H]32)cc1C. The van der Waals surface area contributed by atoms with Crippen molar-refractivity contribution in [1.82, 2.24) is 9.88 Å². The number of pyridine rings is 1. The lowest BCUT2D eigenvalue weighted by Crippen LogP contribution is -2.71. The van der Waals surface area contributed by atoms with Crippen molar-refractivity contribution in [3.05, 3.63) is 33.2 Å². The van der Waals surface area contributed by atoms with E-state index in [1.807, 2.05) is 32.6 Å². The maximum Gasteiger partial charge on any atom is 0.261 e. The maximum absolute atomic E-state index is 13.0. The number of carbonyl (C=O) groups is 1. The first-order valence-corrected chi connectivity index (χ1v) is 8.50. The van der Waals surface area contributed by atoms with E-state index in [0.29, 0.717) is 6.54 Å². The zero-order chi connectivity index (χ0) is 16.9. The molecule has 1 aromatic rings. The predicted molar refractivity (Wildman–Crippen MR) is 88.5 cm³/mol. The second-order valence-corrected chi connectivity index (χ2v) is 7.54. The molecule has 2 heterocycles. The van der Waals surface area contributed by atoms with E-state index in [0.717, 1.165) is 30.5 Å². The van der Waals surface area contributed by atoms with E-state index in [2.05, 4.69) is 4.98 Å². The van der Waals surface area contributed by atoms with Crippen LogP contribution in [0.25, 0.3) is 0 Å². The summed E-state index contributed by atoms with van der Waals surface area (Å²) in [5.74, 6) is -0.0653. The van der Waals surface area contributed by atoms with E-state index in [1.54, 1.807) is 6.07 Å². The van der Waals surface area contributed by atoms with Crippen molar-refractivity contribution < 1.29 is 9.90 Å². The minimum absolute atomic E-state index is 0.0179. The van der Waals surface area contributed by atoms with Gasteiger partial charge in [0.25, 0.3) is 11.5 Å². The van der Waals surface area contributed by atoms with Crippen molar-refractivity contribution in [2.45, 2.75) is 59.1 Å². The first-order valence-electron chi connectivity index (χ1n) is 8.50. The van der Waals surface area contributed by atoms with Crippen molar-refractivity contribution in [2.75, 3.05) is 6.54 Å². The predicted octanol–water partition coefficient (Wildman–Crippen LogP) is 1.87. The van der Waals surface area contributed by atoms with Gasteiger partial charge in [-0.15, -0.1) is 0 Å². The maximum atomic E-state index is 13.0. The number of aryl methyl sites for hydroxylation is 2. The van der Waals surface area contributed by atoms with Crippen LogP contribution in [-0.4, -0.2) is 39.6 Å². The molecule has 0 bridgehead atoms. The molecule has 1 saturated carbocycles. The molecular formula is C18H26N2O3. The smallest absolute Gasteiger partial charge is 0.261 e. The zero-order valence-electron chi connectivity index (χ0n) is 14.3. The first-order chi connectivity index (χ1) is 10.8. The summed E-state index contributed by atoms with van der Waals surface area (Å²) in [4.78, 5) is 29.9. The van der Waals surface area contributed by atoms with Crippen LogP contribution in [0, 0.1) is 18.3 Å². The van der Waals surface area contributed by atoms with Gasteiger partial charge >= 0.3 is 0 Å². The Labute approximate surface area is 136 Å². The zero-order valence-corrected chi connectivity index (χ0v) is 14.3. The van der Waals surface area contributed by atoms with Crippen molar-refractivity contribution in [3.63, 3.8) is 0 Å². The normalized spacial score (nSPS) is 28.9. The summed E-state index contributed by atoms with van der Waals surface area (Å²) in [6.07, 6.45) is 2.20. The summed E-state index contributed by atoms with van der Waals surface area (Å²) < 4.78 is 0. The number of amides is 1.